The first-order valence-corrected chi connectivity index (χ1v) is 9.01. The van der Waals surface area contributed by atoms with Crippen molar-refractivity contribution in [2.75, 3.05) is 11.5 Å². The zero-order chi connectivity index (χ0) is 9.52. The van der Waals surface area contributed by atoms with Crippen molar-refractivity contribution in [3.63, 3.8) is 0 Å². The van der Waals surface area contributed by atoms with E-state index in [-0.39, 0.29) is 6.33 Å². The van der Waals surface area contributed by atoms with Crippen LogP contribution in [0.4, 0.5) is 0 Å². The molecule has 0 atom stereocenters. The molecule has 0 saturated carbocycles. The lowest BCUT2D eigenvalue weighted by Crippen LogP contribution is -1.94. The Morgan fingerprint density at radius 2 is 1.54 bits per heavy atom. The Morgan fingerprint density at radius 3 is 2.00 bits per heavy atom. The van der Waals surface area contributed by atoms with Crippen LogP contribution in [0.25, 0.3) is 0 Å². The van der Waals surface area contributed by atoms with E-state index in [1.54, 1.807) is 0 Å². The van der Waals surface area contributed by atoms with E-state index in [9.17, 15) is 0 Å². The van der Waals surface area contributed by atoms with Crippen LogP contribution < -0.4 is 5.30 Å². The molecule has 0 aliphatic carbocycles. The van der Waals surface area contributed by atoms with Crippen molar-refractivity contribution in [1.82, 2.24) is 0 Å². The molecule has 13 heavy (non-hydrogen) atoms. The van der Waals surface area contributed by atoms with Crippen LogP contribution in [-0.4, -0.2) is 11.5 Å². The Morgan fingerprint density at radius 1 is 1.00 bits per heavy atom. The van der Waals surface area contributed by atoms with E-state index in [1.165, 1.54) is 16.8 Å². The average Bonchev–Trinajstić information content (AvgIpc) is 2.19. The highest BCUT2D eigenvalue weighted by Gasteiger charge is 2.09. The monoisotopic (exact) mass is 230 g/mol. The molecule has 0 amide bonds. The Balaban J connectivity index is 2.64. The number of hydrogen-bond donors (Lipinski definition) is 0. The topological polar surface area (TPSA) is 0 Å². The molecule has 1 aromatic carbocycles. The van der Waals surface area contributed by atoms with Crippen LogP contribution in [0.1, 0.15) is 13.8 Å². The quantitative estimate of drug-likeness (QED) is 0.697. The number of rotatable bonds is 5. The van der Waals surface area contributed by atoms with Crippen molar-refractivity contribution >= 4 is 34.4 Å². The van der Waals surface area contributed by atoms with Gasteiger partial charge in [-0.05, 0) is 16.8 Å². The molecular formula is C10H15PS2. The highest BCUT2D eigenvalue weighted by atomic mass is 33.1. The van der Waals surface area contributed by atoms with E-state index in [2.05, 4.69) is 66.9 Å². The molecule has 0 N–H and O–H groups in total. The van der Waals surface area contributed by atoms with Crippen LogP contribution in [0.2, 0.25) is 0 Å². The smallest absolute Gasteiger partial charge is 0.0437 e. The van der Waals surface area contributed by atoms with Gasteiger partial charge in [-0.3, -0.25) is 0 Å². The Kier molecular flexibility index (Phi) is 5.93. The standard InChI is InChI=1S/C10H15PS2/c1-3-12-11(13-4-2)10-8-6-5-7-9-10/h5-9H,3-4H2,1-2H3. The third kappa shape index (κ3) is 3.93. The second kappa shape index (κ2) is 6.75. The first-order chi connectivity index (χ1) is 6.38. The molecular weight excluding hydrogens is 215 g/mol. The number of hydrogen-bond acceptors (Lipinski definition) is 2. The summed E-state index contributed by atoms with van der Waals surface area (Å²) in [4.78, 5) is 0. The normalized spacial score (nSPS) is 10.7. The van der Waals surface area contributed by atoms with Crippen molar-refractivity contribution in [1.29, 1.82) is 0 Å². The van der Waals surface area contributed by atoms with Gasteiger partial charge in [0, 0.05) is 6.33 Å². The van der Waals surface area contributed by atoms with Gasteiger partial charge in [0.2, 0.25) is 0 Å². The molecule has 0 spiro atoms. The van der Waals surface area contributed by atoms with Crippen molar-refractivity contribution in [2.45, 2.75) is 13.8 Å². The maximum absolute atomic E-state index is 2.25. The maximum atomic E-state index is 2.25. The lowest BCUT2D eigenvalue weighted by Gasteiger charge is -2.14. The molecule has 0 radical (unpaired) electrons. The van der Waals surface area contributed by atoms with Gasteiger partial charge in [0.1, 0.15) is 0 Å². The fraction of sp³-hybridized carbons (Fsp3) is 0.400. The first kappa shape index (κ1) is 11.4. The summed E-state index contributed by atoms with van der Waals surface area (Å²) in [7, 11) is 0. The lowest BCUT2D eigenvalue weighted by molar-refractivity contribution is 1.54. The van der Waals surface area contributed by atoms with Crippen molar-refractivity contribution in [2.24, 2.45) is 0 Å². The number of benzene rings is 1. The van der Waals surface area contributed by atoms with Crippen LogP contribution in [0, 0.1) is 0 Å². The molecule has 0 fully saturated rings. The van der Waals surface area contributed by atoms with Crippen LogP contribution in [0.5, 0.6) is 0 Å². The molecule has 3 heteroatoms. The van der Waals surface area contributed by atoms with Crippen LogP contribution >= 0.6 is 29.1 Å². The zero-order valence-electron chi connectivity index (χ0n) is 8.06. The highest BCUT2D eigenvalue weighted by Crippen LogP contribution is 2.59. The van der Waals surface area contributed by atoms with Crippen LogP contribution in [0.15, 0.2) is 30.3 Å². The average molecular weight is 230 g/mol. The Bertz CT molecular complexity index is 220. The molecule has 0 aliphatic rings. The maximum Gasteiger partial charge on any atom is 0.0437 e. The summed E-state index contributed by atoms with van der Waals surface area (Å²) in [5, 5.41) is 1.51. The second-order valence-corrected chi connectivity index (χ2v) is 9.56. The third-order valence-corrected chi connectivity index (χ3v) is 9.28. The Labute approximate surface area is 90.1 Å². The van der Waals surface area contributed by atoms with E-state index in [0.29, 0.717) is 0 Å². The minimum atomic E-state index is -0.0226. The SMILES string of the molecule is CCSP(SCC)c1ccccc1. The summed E-state index contributed by atoms with van der Waals surface area (Å²) in [6.07, 6.45) is -0.0226. The summed E-state index contributed by atoms with van der Waals surface area (Å²) in [5.41, 5.74) is 0. The van der Waals surface area contributed by atoms with Gasteiger partial charge in [0.05, 0.1) is 0 Å². The van der Waals surface area contributed by atoms with E-state index in [4.69, 9.17) is 0 Å². The molecule has 0 nitrogen and oxygen atoms in total. The summed E-state index contributed by atoms with van der Waals surface area (Å²) in [6, 6.07) is 10.9. The van der Waals surface area contributed by atoms with Crippen LogP contribution in [0.3, 0.4) is 0 Å². The minimum Gasteiger partial charge on any atom is -0.119 e. The zero-order valence-corrected chi connectivity index (χ0v) is 10.6. The molecule has 0 bridgehead atoms. The summed E-state index contributed by atoms with van der Waals surface area (Å²) in [6.45, 7) is 4.47. The fourth-order valence-electron chi connectivity index (χ4n) is 0.971. The molecule has 0 aromatic heterocycles. The second-order valence-electron chi connectivity index (χ2n) is 2.43. The molecule has 72 valence electrons. The van der Waals surface area contributed by atoms with Crippen molar-refractivity contribution in [3.05, 3.63) is 30.3 Å². The van der Waals surface area contributed by atoms with Crippen LogP contribution in [-0.2, 0) is 0 Å². The summed E-state index contributed by atoms with van der Waals surface area (Å²) < 4.78 is 0. The van der Waals surface area contributed by atoms with Gasteiger partial charge in [-0.1, -0.05) is 44.2 Å². The van der Waals surface area contributed by atoms with E-state index in [0.717, 1.165) is 0 Å². The predicted octanol–water partition coefficient (Wildman–Crippen LogP) is 4.13. The summed E-state index contributed by atoms with van der Waals surface area (Å²) in [5.74, 6) is 2.43. The molecule has 1 aromatic rings. The largest absolute Gasteiger partial charge is 0.119 e. The van der Waals surface area contributed by atoms with Gasteiger partial charge in [-0.25, -0.2) is 0 Å². The highest BCUT2D eigenvalue weighted by molar-refractivity contribution is 8.90. The van der Waals surface area contributed by atoms with E-state index >= 15 is 0 Å². The Hall–Kier alpha value is 0.350. The third-order valence-electron chi connectivity index (χ3n) is 1.46. The predicted molar refractivity (Wildman–Crippen MR) is 69.3 cm³/mol. The first-order valence-electron chi connectivity index (χ1n) is 4.49. The molecule has 1 rings (SSSR count). The van der Waals surface area contributed by atoms with Gasteiger partial charge >= 0.3 is 0 Å². The van der Waals surface area contributed by atoms with Crippen molar-refractivity contribution in [3.8, 4) is 0 Å². The van der Waals surface area contributed by atoms with E-state index < -0.39 is 0 Å². The van der Waals surface area contributed by atoms with Gasteiger partial charge in [0.15, 0.2) is 0 Å². The van der Waals surface area contributed by atoms with Gasteiger partial charge in [0.25, 0.3) is 0 Å². The molecule has 0 aliphatic heterocycles. The molecule has 0 heterocycles. The molecule has 0 unspecified atom stereocenters. The van der Waals surface area contributed by atoms with Gasteiger partial charge < -0.3 is 0 Å². The van der Waals surface area contributed by atoms with E-state index in [1.807, 2.05) is 0 Å². The molecule has 0 saturated heterocycles. The van der Waals surface area contributed by atoms with Gasteiger partial charge in [-0.2, -0.15) is 0 Å². The summed E-state index contributed by atoms with van der Waals surface area (Å²) >= 11 is 4.16. The van der Waals surface area contributed by atoms with Gasteiger partial charge in [-0.15, -0.1) is 22.8 Å². The van der Waals surface area contributed by atoms with Crippen molar-refractivity contribution < 1.29 is 0 Å². The fourth-order valence-corrected chi connectivity index (χ4v) is 8.05. The minimum absolute atomic E-state index is 0.0226. The lowest BCUT2D eigenvalue weighted by atomic mass is 10.4.